The number of carbonyl (C=O) groups excluding carboxylic acids is 3. The minimum absolute atomic E-state index is 0.0764. The third-order valence-corrected chi connectivity index (χ3v) is 5.68. The van der Waals surface area contributed by atoms with Gasteiger partial charge in [0.1, 0.15) is 11.7 Å². The molecule has 0 aromatic heterocycles. The van der Waals surface area contributed by atoms with E-state index in [2.05, 4.69) is 16.0 Å². The summed E-state index contributed by atoms with van der Waals surface area (Å²) in [6.07, 6.45) is 1.99. The highest BCUT2D eigenvalue weighted by atomic mass is 16.5. The number of anilines is 1. The van der Waals surface area contributed by atoms with Gasteiger partial charge < -0.3 is 25.6 Å². The van der Waals surface area contributed by atoms with Gasteiger partial charge >= 0.3 is 0 Å². The Morgan fingerprint density at radius 2 is 2.10 bits per heavy atom. The van der Waals surface area contributed by atoms with Crippen LogP contribution in [0.1, 0.15) is 48.5 Å². The van der Waals surface area contributed by atoms with Crippen molar-refractivity contribution >= 4 is 23.4 Å². The maximum absolute atomic E-state index is 12.7. The molecule has 2 heterocycles. The number of rotatable bonds is 6. The molecule has 8 nitrogen and oxygen atoms in total. The summed E-state index contributed by atoms with van der Waals surface area (Å²) in [4.78, 5) is 39.4. The van der Waals surface area contributed by atoms with Crippen LogP contribution in [-0.4, -0.2) is 61.1 Å². The zero-order valence-corrected chi connectivity index (χ0v) is 17.3. The van der Waals surface area contributed by atoms with E-state index in [1.165, 1.54) is 0 Å². The molecule has 1 spiro atoms. The third-order valence-electron chi connectivity index (χ3n) is 5.68. The number of amides is 3. The lowest BCUT2D eigenvalue weighted by Crippen LogP contribution is -2.58. The second-order valence-electron chi connectivity index (χ2n) is 7.86. The van der Waals surface area contributed by atoms with Crippen LogP contribution in [0, 0.1) is 6.92 Å². The number of aryl methyl sites for hydroxylation is 1. The maximum atomic E-state index is 12.7. The van der Waals surface area contributed by atoms with Gasteiger partial charge in [0.05, 0.1) is 5.56 Å². The second-order valence-corrected chi connectivity index (χ2v) is 7.86. The van der Waals surface area contributed by atoms with Crippen molar-refractivity contribution in [2.45, 2.75) is 51.2 Å². The largest absolute Gasteiger partial charge is 0.385 e. The number of fused-ring (bicyclic) bond motifs is 1. The fourth-order valence-corrected chi connectivity index (χ4v) is 3.94. The van der Waals surface area contributed by atoms with Crippen molar-refractivity contribution in [1.29, 1.82) is 0 Å². The molecule has 1 aromatic rings. The van der Waals surface area contributed by atoms with Gasteiger partial charge in [-0.1, -0.05) is 6.07 Å². The molecule has 0 saturated carbocycles. The van der Waals surface area contributed by atoms with E-state index in [-0.39, 0.29) is 24.1 Å². The van der Waals surface area contributed by atoms with E-state index >= 15 is 0 Å². The lowest BCUT2D eigenvalue weighted by atomic mass is 9.94. The molecule has 8 heteroatoms. The smallest absolute Gasteiger partial charge is 0.255 e. The van der Waals surface area contributed by atoms with Gasteiger partial charge in [-0.15, -0.1) is 0 Å². The van der Waals surface area contributed by atoms with E-state index in [1.807, 2.05) is 25.1 Å². The fourth-order valence-electron chi connectivity index (χ4n) is 3.94. The lowest BCUT2D eigenvalue weighted by Gasteiger charge is -2.40. The Morgan fingerprint density at radius 3 is 2.86 bits per heavy atom. The van der Waals surface area contributed by atoms with Gasteiger partial charge in [-0.2, -0.15) is 0 Å². The van der Waals surface area contributed by atoms with Crippen molar-refractivity contribution in [2.24, 2.45) is 0 Å². The third kappa shape index (κ3) is 4.70. The molecule has 2 aliphatic rings. The lowest BCUT2D eigenvalue weighted by molar-refractivity contribution is -0.139. The molecule has 158 valence electrons. The van der Waals surface area contributed by atoms with Gasteiger partial charge in [0, 0.05) is 45.3 Å². The predicted molar refractivity (Wildman–Crippen MR) is 110 cm³/mol. The number of ether oxygens (including phenoxy) is 1. The van der Waals surface area contributed by atoms with E-state index in [0.29, 0.717) is 38.1 Å². The van der Waals surface area contributed by atoms with E-state index in [4.69, 9.17) is 4.74 Å². The summed E-state index contributed by atoms with van der Waals surface area (Å²) in [5.41, 5.74) is 1.78. The van der Waals surface area contributed by atoms with Gasteiger partial charge in [-0.3, -0.25) is 14.4 Å². The maximum Gasteiger partial charge on any atom is 0.255 e. The van der Waals surface area contributed by atoms with E-state index in [9.17, 15) is 14.4 Å². The van der Waals surface area contributed by atoms with Crippen molar-refractivity contribution < 1.29 is 19.1 Å². The van der Waals surface area contributed by atoms with Crippen LogP contribution in [-0.2, 0) is 14.3 Å². The molecule has 1 aromatic carbocycles. The normalized spacial score (nSPS) is 22.4. The number of nitrogens with zero attached hydrogens (tertiary/aromatic N) is 1. The van der Waals surface area contributed by atoms with Crippen molar-refractivity contribution in [1.82, 2.24) is 15.5 Å². The summed E-state index contributed by atoms with van der Waals surface area (Å²) in [7, 11) is 1.62. The number of methoxy groups -OCH3 is 1. The summed E-state index contributed by atoms with van der Waals surface area (Å²) in [6, 6.07) is 5.11. The predicted octanol–water partition coefficient (Wildman–Crippen LogP) is 1.40. The Balaban J connectivity index is 1.68. The molecule has 2 aliphatic heterocycles. The summed E-state index contributed by atoms with van der Waals surface area (Å²) in [6.45, 7) is 5.20. The van der Waals surface area contributed by atoms with Crippen LogP contribution in [0.3, 0.4) is 0 Å². The number of nitrogens with one attached hydrogen (secondary N) is 3. The minimum atomic E-state index is -0.684. The molecule has 0 unspecified atom stereocenters. The van der Waals surface area contributed by atoms with Crippen LogP contribution in [0.5, 0.6) is 0 Å². The van der Waals surface area contributed by atoms with E-state index in [0.717, 1.165) is 17.7 Å². The molecule has 3 rings (SSSR count). The summed E-state index contributed by atoms with van der Waals surface area (Å²) < 4.78 is 4.98. The Labute approximate surface area is 171 Å². The van der Waals surface area contributed by atoms with Gasteiger partial charge in [0.2, 0.25) is 11.8 Å². The Hall–Kier alpha value is -2.61. The van der Waals surface area contributed by atoms with Gasteiger partial charge in [-0.05, 0) is 44.4 Å². The average molecular weight is 402 g/mol. The average Bonchev–Trinajstić information content (AvgIpc) is 2.83. The number of hydrogen-bond donors (Lipinski definition) is 3. The first-order chi connectivity index (χ1) is 13.8. The van der Waals surface area contributed by atoms with Crippen LogP contribution in [0.15, 0.2) is 18.2 Å². The first-order valence-electron chi connectivity index (χ1n) is 10.1. The number of likely N-dealkylation sites (tertiary alicyclic amines) is 1. The van der Waals surface area contributed by atoms with Crippen LogP contribution in [0.4, 0.5) is 5.69 Å². The first-order valence-corrected chi connectivity index (χ1v) is 10.1. The zero-order valence-electron chi connectivity index (χ0n) is 17.3. The Morgan fingerprint density at radius 1 is 1.31 bits per heavy atom. The highest BCUT2D eigenvalue weighted by Gasteiger charge is 2.41. The van der Waals surface area contributed by atoms with Crippen LogP contribution in [0.2, 0.25) is 0 Å². The molecule has 0 bridgehead atoms. The zero-order chi connectivity index (χ0) is 21.0. The Bertz CT molecular complexity index is 797. The summed E-state index contributed by atoms with van der Waals surface area (Å²) in [5, 5.41) is 9.37. The SMILES string of the molecule is COCCCNC(=O)[C@H](C)N1CC[C@@]2(CCC1=O)NC(=O)c1ccc(C)cc1N2. The molecule has 1 fully saturated rings. The van der Waals surface area contributed by atoms with Crippen molar-refractivity contribution in [3.8, 4) is 0 Å². The standard InChI is InChI=1S/C21H30N4O4/c1-14-5-6-16-17(13-14)23-21(24-20(16)28)8-7-18(26)25(11-9-21)15(2)19(27)22-10-4-12-29-3/h5-6,13,15,23H,4,7-12H2,1-3H3,(H,22,27)(H,24,28)/t15-,21+/m0/s1. The molecular formula is C21H30N4O4. The number of carbonyl (C=O) groups is 3. The molecule has 1 saturated heterocycles. The van der Waals surface area contributed by atoms with Crippen molar-refractivity contribution in [3.05, 3.63) is 29.3 Å². The molecule has 29 heavy (non-hydrogen) atoms. The quantitative estimate of drug-likeness (QED) is 0.625. The molecule has 2 atom stereocenters. The van der Waals surface area contributed by atoms with Gasteiger partial charge in [0.15, 0.2) is 0 Å². The monoisotopic (exact) mass is 402 g/mol. The van der Waals surface area contributed by atoms with E-state index < -0.39 is 11.7 Å². The van der Waals surface area contributed by atoms with Gasteiger partial charge in [-0.25, -0.2) is 0 Å². The molecule has 0 radical (unpaired) electrons. The van der Waals surface area contributed by atoms with Crippen LogP contribution < -0.4 is 16.0 Å². The van der Waals surface area contributed by atoms with Crippen LogP contribution in [0.25, 0.3) is 0 Å². The molecule has 0 aliphatic carbocycles. The van der Waals surface area contributed by atoms with Gasteiger partial charge in [0.25, 0.3) is 5.91 Å². The highest BCUT2D eigenvalue weighted by molar-refractivity contribution is 6.02. The molecule has 3 N–H and O–H groups in total. The topological polar surface area (TPSA) is 99.8 Å². The Kier molecular flexibility index (Phi) is 6.42. The van der Waals surface area contributed by atoms with Crippen LogP contribution >= 0.6 is 0 Å². The van der Waals surface area contributed by atoms with Crippen molar-refractivity contribution in [3.63, 3.8) is 0 Å². The van der Waals surface area contributed by atoms with E-state index in [1.54, 1.807) is 18.9 Å². The highest BCUT2D eigenvalue weighted by Crippen LogP contribution is 2.32. The second kappa shape index (κ2) is 8.82. The molecular weight excluding hydrogens is 372 g/mol. The summed E-state index contributed by atoms with van der Waals surface area (Å²) in [5.74, 6) is -0.386. The number of benzene rings is 1. The van der Waals surface area contributed by atoms with Crippen molar-refractivity contribution in [2.75, 3.05) is 32.1 Å². The fraction of sp³-hybridized carbons (Fsp3) is 0.571. The summed E-state index contributed by atoms with van der Waals surface area (Å²) >= 11 is 0. The minimum Gasteiger partial charge on any atom is -0.385 e. The molecule has 3 amide bonds. The first kappa shape index (κ1) is 21.1. The number of hydrogen-bond acceptors (Lipinski definition) is 5.